The molecule has 0 unspecified atom stereocenters. The van der Waals surface area contributed by atoms with Crippen molar-refractivity contribution in [2.75, 3.05) is 21.7 Å². The second kappa shape index (κ2) is 9.99. The monoisotopic (exact) mass is 658 g/mol. The minimum Gasteiger partial charge on any atom is -0.504 e. The Morgan fingerprint density at radius 3 is 1.80 bits per heavy atom. The van der Waals surface area contributed by atoms with Gasteiger partial charge in [-0.05, 0) is 56.9 Å². The molecular weight excluding hydrogens is 632 g/mol. The summed E-state index contributed by atoms with van der Waals surface area (Å²) in [4.78, 5) is 6.91. The Balaban J connectivity index is 0.00000289. The molecule has 4 heterocycles. The predicted octanol–water partition coefficient (Wildman–Crippen LogP) is 6.70. The van der Waals surface area contributed by atoms with Crippen LogP contribution in [0.1, 0.15) is 11.4 Å². The summed E-state index contributed by atoms with van der Waals surface area (Å²) in [6, 6.07) is 44.8. The largest absolute Gasteiger partial charge is 0.504 e. The van der Waals surface area contributed by atoms with Crippen molar-refractivity contribution in [3.8, 4) is 27.9 Å². The Morgan fingerprint density at radius 2 is 1.18 bits per heavy atom. The average molecular weight is 659 g/mol. The van der Waals surface area contributed by atoms with E-state index in [1.54, 1.807) is 0 Å². The van der Waals surface area contributed by atoms with Gasteiger partial charge >= 0.3 is 0 Å². The van der Waals surface area contributed by atoms with Crippen LogP contribution in [-0.4, -0.2) is 23.7 Å². The first-order valence-corrected chi connectivity index (χ1v) is 14.7. The van der Waals surface area contributed by atoms with Gasteiger partial charge in [-0.25, -0.2) is 0 Å². The molecule has 44 heavy (non-hydrogen) atoms. The van der Waals surface area contributed by atoms with E-state index in [1.165, 1.54) is 39.3 Å². The zero-order valence-corrected chi connectivity index (χ0v) is 26.1. The Morgan fingerprint density at radius 1 is 0.636 bits per heavy atom. The van der Waals surface area contributed by atoms with E-state index in [9.17, 15) is 0 Å². The normalized spacial score (nSPS) is 13.8. The maximum atomic E-state index is 4.80. The van der Waals surface area contributed by atoms with E-state index in [0.29, 0.717) is 0 Å². The van der Waals surface area contributed by atoms with Crippen molar-refractivity contribution in [2.24, 2.45) is 0 Å². The van der Waals surface area contributed by atoms with E-state index in [1.807, 2.05) is 11.6 Å². The molecule has 5 nitrogen and oxygen atoms in total. The molecular formula is C37H27BN5Pd-3. The number of hydrogen-bond acceptors (Lipinski definition) is 4. The first kappa shape index (κ1) is 27.0. The van der Waals surface area contributed by atoms with Gasteiger partial charge in [-0.1, -0.05) is 59.7 Å². The summed E-state index contributed by atoms with van der Waals surface area (Å²) >= 11 is 0. The number of rotatable bonds is 2. The van der Waals surface area contributed by atoms with Crippen LogP contribution >= 0.6 is 0 Å². The van der Waals surface area contributed by atoms with Crippen molar-refractivity contribution in [3.05, 3.63) is 133 Å². The summed E-state index contributed by atoms with van der Waals surface area (Å²) < 4.78 is 2.00. The molecule has 5 aromatic carbocycles. The van der Waals surface area contributed by atoms with Crippen LogP contribution in [0.4, 0.5) is 28.4 Å². The molecule has 0 N–H and O–H groups in total. The van der Waals surface area contributed by atoms with Gasteiger partial charge in [0.2, 0.25) is 0 Å². The van der Waals surface area contributed by atoms with Crippen LogP contribution in [-0.2, 0) is 20.4 Å². The van der Waals surface area contributed by atoms with Crippen LogP contribution in [0, 0.1) is 32.6 Å². The molecule has 7 heteroatoms. The Labute approximate surface area is 272 Å². The van der Waals surface area contributed by atoms with Crippen molar-refractivity contribution in [2.45, 2.75) is 13.8 Å². The van der Waals surface area contributed by atoms with E-state index < -0.39 is 0 Å². The molecule has 3 aliphatic rings. The average Bonchev–Trinajstić information content (AvgIpc) is 3.57. The molecule has 0 bridgehead atoms. The number of fused-ring (bicyclic) bond motifs is 12. The first-order valence-electron chi connectivity index (χ1n) is 14.7. The molecule has 0 saturated carbocycles. The summed E-state index contributed by atoms with van der Waals surface area (Å²) in [7, 11) is 2.10. The fourth-order valence-electron chi connectivity index (χ4n) is 7.13. The van der Waals surface area contributed by atoms with E-state index in [4.69, 9.17) is 5.10 Å². The van der Waals surface area contributed by atoms with Gasteiger partial charge in [-0.3, -0.25) is 4.68 Å². The molecule has 0 saturated heterocycles. The second-order valence-corrected chi connectivity index (χ2v) is 11.6. The molecule has 0 fully saturated rings. The number of benzene rings is 5. The molecule has 0 radical (unpaired) electrons. The van der Waals surface area contributed by atoms with E-state index in [0.717, 1.165) is 39.4 Å². The molecule has 216 valence electrons. The van der Waals surface area contributed by atoms with E-state index >= 15 is 0 Å². The van der Waals surface area contributed by atoms with Crippen LogP contribution in [0.3, 0.4) is 0 Å². The molecule has 1 aromatic heterocycles. The number of aryl methyl sites for hydroxylation is 2. The summed E-state index contributed by atoms with van der Waals surface area (Å²) in [6.07, 6.45) is 0. The van der Waals surface area contributed by atoms with E-state index in [2.05, 4.69) is 151 Å². The van der Waals surface area contributed by atoms with Gasteiger partial charge in [0.1, 0.15) is 0 Å². The Kier molecular flexibility index (Phi) is 6.13. The van der Waals surface area contributed by atoms with Crippen molar-refractivity contribution in [1.29, 1.82) is 0 Å². The van der Waals surface area contributed by atoms with Crippen LogP contribution in [0.15, 0.2) is 103 Å². The van der Waals surface area contributed by atoms with Crippen molar-refractivity contribution < 1.29 is 20.4 Å². The fourth-order valence-corrected chi connectivity index (χ4v) is 7.13. The van der Waals surface area contributed by atoms with Crippen LogP contribution < -0.4 is 25.5 Å². The smallest absolute Gasteiger partial charge is 0.278 e. The van der Waals surface area contributed by atoms with Gasteiger partial charge in [-0.2, -0.15) is 47.0 Å². The van der Waals surface area contributed by atoms with Gasteiger partial charge in [0, 0.05) is 48.9 Å². The van der Waals surface area contributed by atoms with Crippen LogP contribution in [0.2, 0.25) is 0 Å². The fraction of sp³-hybridized carbons (Fsp3) is 0.0811. The molecule has 0 spiro atoms. The van der Waals surface area contributed by atoms with Gasteiger partial charge in [0.05, 0.1) is 5.69 Å². The second-order valence-electron chi connectivity index (χ2n) is 11.6. The number of nitrogens with zero attached hydrogens (tertiary/aromatic N) is 5. The molecule has 6 aromatic rings. The van der Waals surface area contributed by atoms with Crippen LogP contribution in [0.25, 0.3) is 27.9 Å². The number of aromatic nitrogens is 2. The van der Waals surface area contributed by atoms with Gasteiger partial charge in [0.15, 0.2) is 0 Å². The summed E-state index contributed by atoms with van der Waals surface area (Å²) in [6.45, 7) is 6.18. The van der Waals surface area contributed by atoms with Gasteiger partial charge in [0.25, 0.3) is 6.85 Å². The molecule has 0 atom stereocenters. The predicted molar refractivity (Wildman–Crippen MR) is 176 cm³/mol. The van der Waals surface area contributed by atoms with Crippen molar-refractivity contribution in [1.82, 2.24) is 9.78 Å². The third-order valence-corrected chi connectivity index (χ3v) is 8.94. The third-order valence-electron chi connectivity index (χ3n) is 8.94. The topological polar surface area (TPSA) is 27.5 Å². The quantitative estimate of drug-likeness (QED) is 0.153. The van der Waals surface area contributed by atoms with Crippen LogP contribution in [0.5, 0.6) is 0 Å². The number of anilines is 5. The van der Waals surface area contributed by atoms with Crippen molar-refractivity contribution in [3.63, 3.8) is 0 Å². The zero-order valence-electron chi connectivity index (χ0n) is 24.5. The maximum absolute atomic E-state index is 4.80. The SMILES string of the molecule is Cc1cc(C)n(-c2[c-]c3c(cc2)-c2ccccc2N2B3c3[c-]c(N4[CH-]N(C)c5ccccc54)ccc3-c3ccccc32)n1.[Pd]. The first-order chi connectivity index (χ1) is 21.1. The van der Waals surface area contributed by atoms with Gasteiger partial charge in [-0.15, -0.1) is 28.9 Å². The van der Waals surface area contributed by atoms with Crippen molar-refractivity contribution >= 4 is 46.2 Å². The molecule has 9 rings (SSSR count). The number of hydrogen-bond donors (Lipinski definition) is 0. The maximum Gasteiger partial charge on any atom is 0.278 e. The summed E-state index contributed by atoms with van der Waals surface area (Å²) in [5.74, 6) is 0. The zero-order chi connectivity index (χ0) is 28.8. The minimum atomic E-state index is -0.109. The number of para-hydroxylation sites is 4. The Hall–Kier alpha value is -4.56. The van der Waals surface area contributed by atoms with E-state index in [-0.39, 0.29) is 27.3 Å². The summed E-state index contributed by atoms with van der Waals surface area (Å²) in [5.41, 5.74) is 15.9. The Bertz CT molecular complexity index is 2100. The molecule has 0 aliphatic carbocycles. The minimum absolute atomic E-state index is 0. The standard InChI is InChI=1S/C37H27BN5.Pd/c1-24-20-25(2)43(39-24)27-17-19-29-31-11-5-7-13-35(31)42-34-12-6-4-10-30(34)28-18-16-26(21-32(28)38(42)33(29)22-27)41-23-40(3)36-14-8-9-15-37(36)41;/h4-20,23H,1-3H3;/q-3;. The summed E-state index contributed by atoms with van der Waals surface area (Å²) in [5, 5.41) is 4.80. The molecule has 0 amide bonds. The third kappa shape index (κ3) is 3.80. The molecule has 3 aliphatic heterocycles. The van der Waals surface area contributed by atoms with Gasteiger partial charge < -0.3 is 14.6 Å².